The van der Waals surface area contributed by atoms with Crippen LogP contribution in [0.3, 0.4) is 0 Å². The summed E-state index contributed by atoms with van der Waals surface area (Å²) >= 11 is 0. The third kappa shape index (κ3) is 4.14. The van der Waals surface area contributed by atoms with Crippen LogP contribution in [0.1, 0.15) is 23.7 Å². The minimum Gasteiger partial charge on any atom is -0.481 e. The van der Waals surface area contributed by atoms with Crippen LogP contribution in [0, 0.1) is 0 Å². The van der Waals surface area contributed by atoms with Gasteiger partial charge in [0, 0.05) is 13.0 Å². The topological polar surface area (TPSA) is 104 Å². The minimum atomic E-state index is -1.01. The van der Waals surface area contributed by atoms with E-state index in [0.29, 0.717) is 12.0 Å². The van der Waals surface area contributed by atoms with Gasteiger partial charge in [0.2, 0.25) is 0 Å². The van der Waals surface area contributed by atoms with E-state index in [1.165, 1.54) is 0 Å². The molecule has 0 saturated heterocycles. The number of rotatable bonds is 6. The fourth-order valence-electron chi connectivity index (χ4n) is 1.48. The Morgan fingerprint density at radius 1 is 1.24 bits per heavy atom. The summed E-state index contributed by atoms with van der Waals surface area (Å²) in [6, 6.07) is 6.82. The van der Waals surface area contributed by atoms with Crippen molar-refractivity contribution in [3.63, 3.8) is 0 Å². The molecule has 0 spiro atoms. The van der Waals surface area contributed by atoms with Crippen molar-refractivity contribution in [3.8, 4) is 0 Å². The van der Waals surface area contributed by atoms with E-state index in [2.05, 4.69) is 0 Å². The molecule has 5 heteroatoms. The van der Waals surface area contributed by atoms with Crippen molar-refractivity contribution in [2.24, 2.45) is 5.73 Å². The molecular weight excluding hydrogens is 222 g/mol. The van der Waals surface area contributed by atoms with E-state index in [1.54, 1.807) is 24.3 Å². The minimum absolute atomic E-state index is 0.0120. The second-order valence-corrected chi connectivity index (χ2v) is 3.88. The van der Waals surface area contributed by atoms with E-state index in [-0.39, 0.29) is 13.0 Å². The predicted molar refractivity (Wildman–Crippen MR) is 62.4 cm³/mol. The highest BCUT2D eigenvalue weighted by Gasteiger charge is 2.16. The highest BCUT2D eigenvalue weighted by atomic mass is 16.4. The molecule has 1 rings (SSSR count). The van der Waals surface area contributed by atoms with E-state index in [1.807, 2.05) is 0 Å². The van der Waals surface area contributed by atoms with Gasteiger partial charge in [0.15, 0.2) is 0 Å². The second-order valence-electron chi connectivity index (χ2n) is 3.88. The van der Waals surface area contributed by atoms with Crippen molar-refractivity contribution in [3.05, 3.63) is 35.4 Å². The molecule has 2 unspecified atom stereocenters. The number of nitrogens with two attached hydrogens (primary N) is 1. The van der Waals surface area contributed by atoms with E-state index in [4.69, 9.17) is 10.8 Å². The maximum atomic E-state index is 10.4. The average Bonchev–Trinajstić information content (AvgIpc) is 2.35. The second kappa shape index (κ2) is 6.34. The lowest BCUT2D eigenvalue weighted by atomic mass is 10.0. The summed E-state index contributed by atoms with van der Waals surface area (Å²) in [5, 5.41) is 27.6. The summed E-state index contributed by atoms with van der Waals surface area (Å²) in [5.41, 5.74) is 6.70. The molecule has 0 radical (unpaired) electrons. The van der Waals surface area contributed by atoms with Gasteiger partial charge < -0.3 is 21.1 Å². The summed E-state index contributed by atoms with van der Waals surface area (Å²) < 4.78 is 0. The standard InChI is InChI=1S/C12H17NO4/c13-7-10(14)12(17)9-4-1-8(2-5-9)3-6-11(15)16/h1-2,4-5,10,12,14,17H,3,6-7,13H2,(H,15,16). The van der Waals surface area contributed by atoms with Gasteiger partial charge in [-0.25, -0.2) is 0 Å². The Bertz CT molecular complexity index is 363. The zero-order chi connectivity index (χ0) is 12.8. The number of benzene rings is 1. The van der Waals surface area contributed by atoms with Crippen molar-refractivity contribution >= 4 is 5.97 Å². The summed E-state index contributed by atoms with van der Waals surface area (Å²) in [6.07, 6.45) is -1.47. The number of hydrogen-bond donors (Lipinski definition) is 4. The van der Waals surface area contributed by atoms with Crippen LogP contribution in [0.5, 0.6) is 0 Å². The largest absolute Gasteiger partial charge is 0.481 e. The van der Waals surface area contributed by atoms with Crippen molar-refractivity contribution in [2.45, 2.75) is 25.0 Å². The Labute approximate surface area is 99.5 Å². The van der Waals surface area contributed by atoms with Crippen LogP contribution in [-0.2, 0) is 11.2 Å². The van der Waals surface area contributed by atoms with E-state index in [0.717, 1.165) is 5.56 Å². The van der Waals surface area contributed by atoms with Crippen LogP contribution in [0.15, 0.2) is 24.3 Å². The third-order valence-corrected chi connectivity index (χ3v) is 2.55. The molecule has 0 aliphatic heterocycles. The normalized spacial score (nSPS) is 14.3. The van der Waals surface area contributed by atoms with Crippen LogP contribution in [0.4, 0.5) is 0 Å². The molecule has 0 saturated carbocycles. The fraction of sp³-hybridized carbons (Fsp3) is 0.417. The van der Waals surface area contributed by atoms with Gasteiger partial charge in [-0.2, -0.15) is 0 Å². The number of aliphatic hydroxyl groups is 2. The SMILES string of the molecule is NCC(O)C(O)c1ccc(CCC(=O)O)cc1. The monoisotopic (exact) mass is 239 g/mol. The molecule has 0 amide bonds. The number of carboxylic acids is 1. The lowest BCUT2D eigenvalue weighted by Crippen LogP contribution is -2.27. The number of aliphatic hydroxyl groups excluding tert-OH is 2. The van der Waals surface area contributed by atoms with Crippen LogP contribution >= 0.6 is 0 Å². The van der Waals surface area contributed by atoms with Gasteiger partial charge in [-0.3, -0.25) is 4.79 Å². The quantitative estimate of drug-likeness (QED) is 0.562. The first-order valence-corrected chi connectivity index (χ1v) is 5.41. The van der Waals surface area contributed by atoms with Gasteiger partial charge in [0.05, 0.1) is 6.10 Å². The molecule has 5 nitrogen and oxygen atoms in total. The van der Waals surface area contributed by atoms with E-state index < -0.39 is 18.2 Å². The van der Waals surface area contributed by atoms with Gasteiger partial charge in [0.25, 0.3) is 0 Å². The van der Waals surface area contributed by atoms with Gasteiger partial charge in [0.1, 0.15) is 6.10 Å². The lowest BCUT2D eigenvalue weighted by molar-refractivity contribution is -0.136. The Kier molecular flexibility index (Phi) is 5.09. The van der Waals surface area contributed by atoms with Crippen LogP contribution in [0.25, 0.3) is 0 Å². The van der Waals surface area contributed by atoms with Gasteiger partial charge in [-0.15, -0.1) is 0 Å². The molecule has 17 heavy (non-hydrogen) atoms. The van der Waals surface area contributed by atoms with Crippen LogP contribution in [-0.4, -0.2) is 33.9 Å². The van der Waals surface area contributed by atoms with Crippen molar-refractivity contribution < 1.29 is 20.1 Å². The first kappa shape index (κ1) is 13.6. The zero-order valence-electron chi connectivity index (χ0n) is 9.41. The first-order chi connectivity index (χ1) is 8.04. The molecule has 0 bridgehead atoms. The molecule has 5 N–H and O–H groups in total. The Morgan fingerprint density at radius 3 is 2.29 bits per heavy atom. The molecular formula is C12H17NO4. The average molecular weight is 239 g/mol. The fourth-order valence-corrected chi connectivity index (χ4v) is 1.48. The molecule has 1 aromatic carbocycles. The summed E-state index contributed by atoms with van der Waals surface area (Å²) in [7, 11) is 0. The first-order valence-electron chi connectivity index (χ1n) is 5.41. The van der Waals surface area contributed by atoms with Gasteiger partial charge in [-0.1, -0.05) is 24.3 Å². The molecule has 94 valence electrons. The van der Waals surface area contributed by atoms with Crippen LogP contribution in [0.2, 0.25) is 0 Å². The molecule has 0 aromatic heterocycles. The molecule has 0 heterocycles. The predicted octanol–water partition coefficient (Wildman–Crippen LogP) is 0.0568. The number of aliphatic carboxylic acids is 1. The maximum absolute atomic E-state index is 10.4. The number of carbonyl (C=O) groups is 1. The molecule has 0 aliphatic rings. The van der Waals surface area contributed by atoms with Crippen molar-refractivity contribution in [2.75, 3.05) is 6.54 Å². The molecule has 2 atom stereocenters. The third-order valence-electron chi connectivity index (χ3n) is 2.55. The van der Waals surface area contributed by atoms with Crippen molar-refractivity contribution in [1.29, 1.82) is 0 Å². The Balaban J connectivity index is 2.64. The summed E-state index contributed by atoms with van der Waals surface area (Å²) in [4.78, 5) is 10.4. The van der Waals surface area contributed by atoms with Gasteiger partial charge in [-0.05, 0) is 17.5 Å². The Hall–Kier alpha value is -1.43. The molecule has 0 fully saturated rings. The Morgan fingerprint density at radius 2 is 1.82 bits per heavy atom. The van der Waals surface area contributed by atoms with E-state index >= 15 is 0 Å². The number of hydrogen-bond acceptors (Lipinski definition) is 4. The summed E-state index contributed by atoms with van der Waals surface area (Å²) in [5.74, 6) is -0.840. The lowest BCUT2D eigenvalue weighted by Gasteiger charge is -2.16. The maximum Gasteiger partial charge on any atom is 0.303 e. The van der Waals surface area contributed by atoms with Gasteiger partial charge >= 0.3 is 5.97 Å². The highest BCUT2D eigenvalue weighted by molar-refractivity contribution is 5.67. The molecule has 0 aliphatic carbocycles. The van der Waals surface area contributed by atoms with Crippen molar-refractivity contribution in [1.82, 2.24) is 0 Å². The number of aryl methyl sites for hydroxylation is 1. The smallest absolute Gasteiger partial charge is 0.303 e. The van der Waals surface area contributed by atoms with E-state index in [9.17, 15) is 15.0 Å². The van der Waals surface area contributed by atoms with Crippen LogP contribution < -0.4 is 5.73 Å². The highest BCUT2D eigenvalue weighted by Crippen LogP contribution is 2.17. The number of carboxylic acid groups (broad SMARTS) is 1. The molecule has 1 aromatic rings. The summed E-state index contributed by atoms with van der Waals surface area (Å²) in [6.45, 7) is -0.0120. The zero-order valence-corrected chi connectivity index (χ0v) is 9.41.